The van der Waals surface area contributed by atoms with Gasteiger partial charge in [-0.05, 0) is 129 Å². The summed E-state index contributed by atoms with van der Waals surface area (Å²) in [5.74, 6) is -1.05. The summed E-state index contributed by atoms with van der Waals surface area (Å²) < 4.78 is 29.8. The molecule has 9 heteroatoms. The van der Waals surface area contributed by atoms with E-state index in [4.69, 9.17) is 0 Å². The fourth-order valence-corrected chi connectivity index (χ4v) is 5.14. The van der Waals surface area contributed by atoms with Crippen molar-refractivity contribution in [2.24, 2.45) is 0 Å². The second-order valence-corrected chi connectivity index (χ2v) is 11.6. The first-order valence-electron chi connectivity index (χ1n) is 14.1. The third-order valence-corrected chi connectivity index (χ3v) is 8.20. The molecular formula is C33H35F2N3O3S. The first-order valence-corrected chi connectivity index (χ1v) is 14.9. The van der Waals surface area contributed by atoms with Crippen LogP contribution in [0, 0.1) is 18.6 Å². The van der Waals surface area contributed by atoms with E-state index in [0.717, 1.165) is 29.5 Å². The van der Waals surface area contributed by atoms with Crippen molar-refractivity contribution in [1.29, 1.82) is 0 Å². The number of rotatable bonds is 14. The van der Waals surface area contributed by atoms with Crippen LogP contribution in [0.4, 0.5) is 14.5 Å². The van der Waals surface area contributed by atoms with Crippen LogP contribution >= 0.6 is 11.9 Å². The molecule has 2 N–H and O–H groups in total. The average molecular weight is 592 g/mol. The molecule has 1 aliphatic rings. The minimum absolute atomic E-state index is 0.00682. The molecule has 0 bridgehead atoms. The number of halogens is 2. The molecule has 1 fully saturated rings. The summed E-state index contributed by atoms with van der Waals surface area (Å²) in [6.45, 7) is 3.74. The van der Waals surface area contributed by atoms with E-state index >= 15 is 0 Å². The van der Waals surface area contributed by atoms with Gasteiger partial charge < -0.3 is 5.32 Å². The largest absolute Gasteiger partial charge is 0.346 e. The highest BCUT2D eigenvalue weighted by Gasteiger charge is 2.23. The Morgan fingerprint density at radius 1 is 0.976 bits per heavy atom. The fourth-order valence-electron chi connectivity index (χ4n) is 4.37. The van der Waals surface area contributed by atoms with E-state index in [1.54, 1.807) is 24.3 Å². The van der Waals surface area contributed by atoms with E-state index in [1.807, 2.05) is 26.0 Å². The summed E-state index contributed by atoms with van der Waals surface area (Å²) in [7, 11) is 0. The number of unbranched alkanes of at least 4 members (excludes halogenated alkanes) is 1. The molecular weight excluding hydrogens is 556 g/mol. The van der Waals surface area contributed by atoms with Gasteiger partial charge in [-0.3, -0.25) is 24.0 Å². The monoisotopic (exact) mass is 591 g/mol. The molecule has 220 valence electrons. The van der Waals surface area contributed by atoms with E-state index in [9.17, 15) is 23.2 Å². The Bertz CT molecular complexity index is 1420. The zero-order chi connectivity index (χ0) is 30.1. The van der Waals surface area contributed by atoms with Gasteiger partial charge in [-0.15, -0.1) is 0 Å². The number of nitrogens with zero attached hydrogens (tertiary/aromatic N) is 1. The molecule has 3 aromatic rings. The Kier molecular flexibility index (Phi) is 10.9. The number of allylic oxidation sites excluding steroid dienone is 1. The van der Waals surface area contributed by atoms with Crippen molar-refractivity contribution in [3.8, 4) is 0 Å². The molecule has 0 aliphatic heterocycles. The Hall–Kier alpha value is -3.98. The summed E-state index contributed by atoms with van der Waals surface area (Å²) in [4.78, 5) is 39.0. The fraction of sp³-hybridized carbons (Fsp3) is 0.303. The molecule has 0 aromatic heterocycles. The quantitative estimate of drug-likeness (QED) is 0.118. The Balaban J connectivity index is 1.52. The van der Waals surface area contributed by atoms with Crippen molar-refractivity contribution in [3.63, 3.8) is 0 Å². The van der Waals surface area contributed by atoms with Crippen molar-refractivity contribution in [3.05, 3.63) is 106 Å². The minimum Gasteiger partial charge on any atom is -0.346 e. The average Bonchev–Trinajstić information content (AvgIpc) is 3.81. The van der Waals surface area contributed by atoms with Crippen LogP contribution < -0.4 is 14.9 Å². The van der Waals surface area contributed by atoms with Crippen LogP contribution in [0.3, 0.4) is 0 Å². The number of carbonyl (C=O) groups excluding carboxylic acids is 3. The molecule has 1 aliphatic carbocycles. The van der Waals surface area contributed by atoms with E-state index < -0.39 is 5.82 Å². The van der Waals surface area contributed by atoms with Crippen LogP contribution in [0.5, 0.6) is 0 Å². The molecule has 3 amide bonds. The Morgan fingerprint density at radius 3 is 2.26 bits per heavy atom. The van der Waals surface area contributed by atoms with Gasteiger partial charge >= 0.3 is 0 Å². The Labute approximate surface area is 249 Å². The number of hydrogen-bond donors (Lipinski definition) is 2. The lowest BCUT2D eigenvalue weighted by Gasteiger charge is -2.22. The van der Waals surface area contributed by atoms with Crippen LogP contribution in [-0.2, 0) is 9.59 Å². The standard InChI is InChI=1S/C33H35F2N3O3S/c1-22-7-8-25(33(41)36-23(2)24-9-11-27(34)12-10-24)19-26(22)20-30(38(21-39)29-15-13-28(35)14-16-29)5-3-4-6-32(40)37-42-31-17-18-31/h7-16,19-21,23,31H,3-6,17-18H2,1-2H3,(H,36,41)(H,37,40)/b30-20-. The number of anilines is 1. The zero-order valence-corrected chi connectivity index (χ0v) is 24.6. The van der Waals surface area contributed by atoms with Gasteiger partial charge in [0.2, 0.25) is 12.3 Å². The number of nitrogens with one attached hydrogen (secondary N) is 2. The highest BCUT2D eigenvalue weighted by atomic mass is 32.2. The smallest absolute Gasteiger partial charge is 0.251 e. The van der Waals surface area contributed by atoms with E-state index in [1.165, 1.54) is 53.2 Å². The minimum atomic E-state index is -0.408. The van der Waals surface area contributed by atoms with Gasteiger partial charge in [-0.2, -0.15) is 0 Å². The van der Waals surface area contributed by atoms with Crippen molar-refractivity contribution in [2.45, 2.75) is 63.7 Å². The summed E-state index contributed by atoms with van der Waals surface area (Å²) in [5, 5.41) is 3.48. The van der Waals surface area contributed by atoms with Crippen LogP contribution in [0.25, 0.3) is 6.08 Å². The predicted octanol–water partition coefficient (Wildman–Crippen LogP) is 7.26. The number of carbonyl (C=O) groups is 3. The summed E-state index contributed by atoms with van der Waals surface area (Å²) >= 11 is 1.49. The molecule has 1 saturated carbocycles. The van der Waals surface area contributed by atoms with Crippen LogP contribution in [0.1, 0.15) is 78.5 Å². The molecule has 0 heterocycles. The van der Waals surface area contributed by atoms with Gasteiger partial charge in [0.1, 0.15) is 11.6 Å². The molecule has 6 nitrogen and oxygen atoms in total. The van der Waals surface area contributed by atoms with Crippen molar-refractivity contribution < 1.29 is 23.2 Å². The molecule has 0 radical (unpaired) electrons. The summed E-state index contributed by atoms with van der Waals surface area (Å²) in [6.07, 6.45) is 6.96. The molecule has 3 aromatic carbocycles. The van der Waals surface area contributed by atoms with Crippen LogP contribution in [0.15, 0.2) is 72.4 Å². The molecule has 42 heavy (non-hydrogen) atoms. The lowest BCUT2D eigenvalue weighted by atomic mass is 10.0. The molecule has 4 rings (SSSR count). The van der Waals surface area contributed by atoms with Crippen LogP contribution in [-0.4, -0.2) is 23.5 Å². The van der Waals surface area contributed by atoms with Gasteiger partial charge in [-0.25, -0.2) is 8.78 Å². The topological polar surface area (TPSA) is 78.5 Å². The molecule has 1 unspecified atom stereocenters. The molecule has 0 saturated heterocycles. The zero-order valence-electron chi connectivity index (χ0n) is 23.7. The van der Waals surface area contributed by atoms with E-state index in [0.29, 0.717) is 54.3 Å². The third kappa shape index (κ3) is 9.01. The maximum Gasteiger partial charge on any atom is 0.251 e. The number of amides is 3. The normalized spacial score (nSPS) is 13.8. The van der Waals surface area contributed by atoms with Crippen LogP contribution in [0.2, 0.25) is 0 Å². The second kappa shape index (κ2) is 14.8. The number of benzene rings is 3. The van der Waals surface area contributed by atoms with Crippen molar-refractivity contribution in [1.82, 2.24) is 10.0 Å². The first-order chi connectivity index (χ1) is 20.2. The SMILES string of the molecule is Cc1ccc(C(=O)NC(C)c2ccc(F)cc2)cc1/C=C(/CCCCC(=O)NSC1CC1)N(C=O)c1ccc(F)cc1. The second-order valence-electron chi connectivity index (χ2n) is 10.5. The maximum atomic E-state index is 13.6. The van der Waals surface area contributed by atoms with Gasteiger partial charge in [0.25, 0.3) is 5.91 Å². The lowest BCUT2D eigenvalue weighted by Crippen LogP contribution is -2.26. The molecule has 1 atom stereocenters. The lowest BCUT2D eigenvalue weighted by molar-refractivity contribution is -0.119. The highest BCUT2D eigenvalue weighted by molar-refractivity contribution is 7.98. The van der Waals surface area contributed by atoms with E-state index in [2.05, 4.69) is 10.0 Å². The third-order valence-electron chi connectivity index (χ3n) is 7.05. The highest BCUT2D eigenvalue weighted by Crippen LogP contribution is 2.32. The predicted molar refractivity (Wildman–Crippen MR) is 164 cm³/mol. The first kappa shape index (κ1) is 31.0. The molecule has 0 spiro atoms. The summed E-state index contributed by atoms with van der Waals surface area (Å²) in [6, 6.07) is 16.6. The van der Waals surface area contributed by atoms with Gasteiger partial charge in [-0.1, -0.05) is 18.2 Å². The van der Waals surface area contributed by atoms with Gasteiger partial charge in [0, 0.05) is 28.6 Å². The maximum absolute atomic E-state index is 13.6. The van der Waals surface area contributed by atoms with Crippen molar-refractivity contribution in [2.75, 3.05) is 4.90 Å². The van der Waals surface area contributed by atoms with Gasteiger partial charge in [0.05, 0.1) is 6.04 Å². The summed E-state index contributed by atoms with van der Waals surface area (Å²) in [5.41, 5.74) is 4.03. The Morgan fingerprint density at radius 2 is 1.62 bits per heavy atom. The van der Waals surface area contributed by atoms with E-state index in [-0.39, 0.29) is 23.7 Å². The number of hydrogen-bond acceptors (Lipinski definition) is 4. The number of aryl methyl sites for hydroxylation is 1. The van der Waals surface area contributed by atoms with Gasteiger partial charge in [0.15, 0.2) is 0 Å². The van der Waals surface area contributed by atoms with Crippen molar-refractivity contribution >= 4 is 41.9 Å².